The molecule has 2 aromatic heterocycles. The van der Waals surface area contributed by atoms with Crippen molar-refractivity contribution in [3.05, 3.63) is 53.0 Å². The van der Waals surface area contributed by atoms with Gasteiger partial charge in [0.05, 0.1) is 16.4 Å². The molecule has 0 radical (unpaired) electrons. The number of nitrogens with one attached hydrogen (secondary N) is 1. The van der Waals surface area contributed by atoms with Crippen molar-refractivity contribution in [1.29, 1.82) is 0 Å². The SMILES string of the molecule is CCC(Oc1ccc(-c2csc(C)n2)cc1)C(=O)N1CC(=O)Nc2cccnc21. The summed E-state index contributed by atoms with van der Waals surface area (Å²) in [5.41, 5.74) is 2.44. The number of anilines is 2. The second kappa shape index (κ2) is 8.00. The van der Waals surface area contributed by atoms with Gasteiger partial charge in [-0.1, -0.05) is 6.92 Å². The number of thiazole rings is 1. The molecule has 3 heterocycles. The molecule has 0 bridgehead atoms. The van der Waals surface area contributed by atoms with Gasteiger partial charge < -0.3 is 10.1 Å². The predicted molar refractivity (Wildman–Crippen MR) is 112 cm³/mol. The summed E-state index contributed by atoms with van der Waals surface area (Å²) in [6.07, 6.45) is 1.34. The average molecular weight is 408 g/mol. The lowest BCUT2D eigenvalue weighted by Gasteiger charge is -2.30. The summed E-state index contributed by atoms with van der Waals surface area (Å²) in [6, 6.07) is 10.9. The zero-order chi connectivity index (χ0) is 20.4. The smallest absolute Gasteiger partial charge is 0.269 e. The van der Waals surface area contributed by atoms with E-state index in [1.807, 2.05) is 43.5 Å². The van der Waals surface area contributed by atoms with Gasteiger partial charge in [-0.3, -0.25) is 14.5 Å². The maximum atomic E-state index is 13.1. The lowest BCUT2D eigenvalue weighted by atomic mass is 10.1. The molecule has 0 aliphatic carbocycles. The molecule has 1 aliphatic rings. The van der Waals surface area contributed by atoms with Crippen LogP contribution in [-0.4, -0.2) is 34.4 Å². The molecule has 1 aromatic carbocycles. The lowest BCUT2D eigenvalue weighted by Crippen LogP contribution is -2.48. The van der Waals surface area contributed by atoms with E-state index in [-0.39, 0.29) is 18.4 Å². The van der Waals surface area contributed by atoms with Crippen molar-refractivity contribution in [1.82, 2.24) is 9.97 Å². The first kappa shape index (κ1) is 19.1. The van der Waals surface area contributed by atoms with Crippen molar-refractivity contribution in [2.45, 2.75) is 26.4 Å². The van der Waals surface area contributed by atoms with Gasteiger partial charge in [0.25, 0.3) is 5.91 Å². The number of hydrogen-bond acceptors (Lipinski definition) is 6. The number of nitrogens with zero attached hydrogens (tertiary/aromatic N) is 3. The van der Waals surface area contributed by atoms with Crippen molar-refractivity contribution in [3.8, 4) is 17.0 Å². The number of carbonyl (C=O) groups excluding carboxylic acids is 2. The minimum absolute atomic E-state index is 0.0786. The monoisotopic (exact) mass is 408 g/mol. The first-order chi connectivity index (χ1) is 14.0. The molecule has 3 aromatic rings. The minimum Gasteiger partial charge on any atom is -0.481 e. The van der Waals surface area contributed by atoms with Gasteiger partial charge in [-0.15, -0.1) is 11.3 Å². The van der Waals surface area contributed by atoms with Crippen LogP contribution in [0.3, 0.4) is 0 Å². The molecule has 148 valence electrons. The molecule has 0 fully saturated rings. The van der Waals surface area contributed by atoms with Crippen molar-refractivity contribution in [2.24, 2.45) is 0 Å². The maximum Gasteiger partial charge on any atom is 0.269 e. The zero-order valence-corrected chi connectivity index (χ0v) is 16.9. The zero-order valence-electron chi connectivity index (χ0n) is 16.1. The number of pyridine rings is 1. The number of fused-ring (bicyclic) bond motifs is 1. The number of carbonyl (C=O) groups is 2. The average Bonchev–Trinajstić information content (AvgIpc) is 3.17. The summed E-state index contributed by atoms with van der Waals surface area (Å²) in [5, 5.41) is 5.75. The molecular formula is C21H20N4O3S. The highest BCUT2D eigenvalue weighted by molar-refractivity contribution is 7.09. The van der Waals surface area contributed by atoms with E-state index < -0.39 is 6.10 Å². The van der Waals surface area contributed by atoms with Crippen LogP contribution in [0, 0.1) is 6.92 Å². The number of rotatable bonds is 5. The Hall–Kier alpha value is -3.26. The molecule has 1 aliphatic heterocycles. The van der Waals surface area contributed by atoms with Gasteiger partial charge >= 0.3 is 0 Å². The van der Waals surface area contributed by atoms with E-state index >= 15 is 0 Å². The summed E-state index contributed by atoms with van der Waals surface area (Å²) in [6.45, 7) is 3.76. The molecule has 1 unspecified atom stereocenters. The van der Waals surface area contributed by atoms with Crippen LogP contribution in [-0.2, 0) is 9.59 Å². The van der Waals surface area contributed by atoms with Crippen molar-refractivity contribution in [2.75, 3.05) is 16.8 Å². The van der Waals surface area contributed by atoms with Gasteiger partial charge in [0, 0.05) is 17.1 Å². The third-order valence-corrected chi connectivity index (χ3v) is 5.35. The Morgan fingerprint density at radius 1 is 1.31 bits per heavy atom. The van der Waals surface area contributed by atoms with E-state index in [0.29, 0.717) is 23.7 Å². The number of benzene rings is 1. The first-order valence-electron chi connectivity index (χ1n) is 9.30. The van der Waals surface area contributed by atoms with Gasteiger partial charge in [-0.25, -0.2) is 9.97 Å². The van der Waals surface area contributed by atoms with Gasteiger partial charge in [-0.05, 0) is 49.7 Å². The summed E-state index contributed by atoms with van der Waals surface area (Å²) < 4.78 is 5.96. The fraction of sp³-hybridized carbons (Fsp3) is 0.238. The largest absolute Gasteiger partial charge is 0.481 e. The maximum absolute atomic E-state index is 13.1. The number of hydrogen-bond donors (Lipinski definition) is 1. The van der Waals surface area contributed by atoms with E-state index in [1.54, 1.807) is 29.7 Å². The van der Waals surface area contributed by atoms with Crippen LogP contribution >= 0.6 is 11.3 Å². The number of aryl methyl sites for hydroxylation is 1. The van der Waals surface area contributed by atoms with Crippen LogP contribution in [0.4, 0.5) is 11.5 Å². The highest BCUT2D eigenvalue weighted by Gasteiger charge is 2.33. The Morgan fingerprint density at radius 3 is 2.79 bits per heavy atom. The fourth-order valence-electron chi connectivity index (χ4n) is 3.15. The second-order valence-electron chi connectivity index (χ2n) is 6.64. The topological polar surface area (TPSA) is 84.4 Å². The van der Waals surface area contributed by atoms with Crippen LogP contribution in [0.25, 0.3) is 11.3 Å². The molecule has 7 nitrogen and oxygen atoms in total. The Morgan fingerprint density at radius 2 is 2.10 bits per heavy atom. The van der Waals surface area contributed by atoms with E-state index in [0.717, 1.165) is 16.3 Å². The lowest BCUT2D eigenvalue weighted by molar-refractivity contribution is -0.127. The van der Waals surface area contributed by atoms with Gasteiger partial charge in [0.15, 0.2) is 11.9 Å². The van der Waals surface area contributed by atoms with Crippen molar-refractivity contribution in [3.63, 3.8) is 0 Å². The molecule has 0 saturated heterocycles. The fourth-order valence-corrected chi connectivity index (χ4v) is 3.77. The predicted octanol–water partition coefficient (Wildman–Crippen LogP) is 3.66. The van der Waals surface area contributed by atoms with Gasteiger partial charge in [0.1, 0.15) is 12.3 Å². The molecule has 1 N–H and O–H groups in total. The molecule has 29 heavy (non-hydrogen) atoms. The standard InChI is InChI=1S/C21H20N4O3S/c1-3-18(21(27)25-11-19(26)24-16-5-4-10-22-20(16)25)28-15-8-6-14(7-9-15)17-12-29-13(2)23-17/h4-10,12,18H,3,11H2,1-2H3,(H,24,26). The van der Waals surface area contributed by atoms with E-state index in [4.69, 9.17) is 4.74 Å². The number of amides is 2. The normalized spacial score (nSPS) is 14.1. The van der Waals surface area contributed by atoms with E-state index in [2.05, 4.69) is 15.3 Å². The van der Waals surface area contributed by atoms with Crippen molar-refractivity contribution >= 4 is 34.7 Å². The highest BCUT2D eigenvalue weighted by Crippen LogP contribution is 2.28. The molecule has 4 rings (SSSR count). The van der Waals surface area contributed by atoms with Crippen LogP contribution in [0.2, 0.25) is 0 Å². The van der Waals surface area contributed by atoms with Crippen LogP contribution in [0.1, 0.15) is 18.4 Å². The summed E-state index contributed by atoms with van der Waals surface area (Å²) in [4.78, 5) is 35.2. The first-order valence-corrected chi connectivity index (χ1v) is 10.2. The summed E-state index contributed by atoms with van der Waals surface area (Å²) in [7, 11) is 0. The third-order valence-electron chi connectivity index (χ3n) is 4.58. The van der Waals surface area contributed by atoms with Gasteiger partial charge in [-0.2, -0.15) is 0 Å². The Labute approximate surface area is 172 Å². The van der Waals surface area contributed by atoms with Crippen LogP contribution in [0.5, 0.6) is 5.75 Å². The van der Waals surface area contributed by atoms with Gasteiger partial charge in [0.2, 0.25) is 5.91 Å². The molecule has 0 spiro atoms. The minimum atomic E-state index is -0.719. The molecule has 2 amide bonds. The van der Waals surface area contributed by atoms with Crippen LogP contribution < -0.4 is 15.0 Å². The Kier molecular flexibility index (Phi) is 5.26. The molecule has 8 heteroatoms. The Bertz CT molecular complexity index is 1050. The summed E-state index contributed by atoms with van der Waals surface area (Å²) >= 11 is 1.60. The van der Waals surface area contributed by atoms with Crippen LogP contribution in [0.15, 0.2) is 48.0 Å². The Balaban J connectivity index is 1.52. The molecular weight excluding hydrogens is 388 g/mol. The second-order valence-corrected chi connectivity index (χ2v) is 7.70. The third kappa shape index (κ3) is 3.97. The number of aromatic nitrogens is 2. The molecule has 1 atom stereocenters. The van der Waals surface area contributed by atoms with Crippen molar-refractivity contribution < 1.29 is 14.3 Å². The quantitative estimate of drug-likeness (QED) is 0.697. The van der Waals surface area contributed by atoms with E-state index in [1.165, 1.54) is 4.90 Å². The van der Waals surface area contributed by atoms with E-state index in [9.17, 15) is 9.59 Å². The number of ether oxygens (including phenoxy) is 1. The highest BCUT2D eigenvalue weighted by atomic mass is 32.1. The summed E-state index contributed by atoms with van der Waals surface area (Å²) in [5.74, 6) is 0.482. The molecule has 0 saturated carbocycles.